The summed E-state index contributed by atoms with van der Waals surface area (Å²) >= 11 is 0. The number of benzene rings is 2. The van der Waals surface area contributed by atoms with Crippen LogP contribution in [-0.2, 0) is 11.3 Å². The van der Waals surface area contributed by atoms with Gasteiger partial charge in [0.25, 0.3) is 11.8 Å². The minimum absolute atomic E-state index is 0.0146. The summed E-state index contributed by atoms with van der Waals surface area (Å²) in [5.41, 5.74) is 0.792. The second kappa shape index (κ2) is 12.9. The summed E-state index contributed by atoms with van der Waals surface area (Å²) in [6.07, 6.45) is 2.15. The van der Waals surface area contributed by atoms with Gasteiger partial charge in [0, 0.05) is 28.4 Å². The Morgan fingerprint density at radius 2 is 1.67 bits per heavy atom. The van der Waals surface area contributed by atoms with Gasteiger partial charge in [-0.15, -0.1) is 0 Å². The molecule has 0 aliphatic heterocycles. The third-order valence-corrected chi connectivity index (χ3v) is 5.65. The molecule has 2 aromatic carbocycles. The summed E-state index contributed by atoms with van der Waals surface area (Å²) in [5, 5.41) is 7.75. The summed E-state index contributed by atoms with van der Waals surface area (Å²) in [4.78, 5) is 49.7. The summed E-state index contributed by atoms with van der Waals surface area (Å²) in [7, 11) is 0. The Labute approximate surface area is 240 Å². The third-order valence-electron chi connectivity index (χ3n) is 5.65. The SMILES string of the molecule is CC(C)(C)OC(=O)Nc1ccc(CNC(=O)c2cc(C(=O)Nc3ccc(-c4ccccc4F)nc3)ccc2OF)cn1. The van der Waals surface area contributed by atoms with E-state index in [1.165, 1.54) is 36.7 Å². The molecule has 4 rings (SSSR count). The van der Waals surface area contributed by atoms with Crippen molar-refractivity contribution in [3.8, 4) is 17.0 Å². The van der Waals surface area contributed by atoms with Gasteiger partial charge in [-0.3, -0.25) is 24.8 Å². The van der Waals surface area contributed by atoms with Gasteiger partial charge in [0.2, 0.25) is 0 Å². The van der Waals surface area contributed by atoms with Crippen LogP contribution < -0.4 is 20.9 Å². The average Bonchev–Trinajstić information content (AvgIpc) is 2.96. The molecule has 3 N–H and O–H groups in total. The van der Waals surface area contributed by atoms with Crippen LogP contribution in [0, 0.1) is 5.82 Å². The molecule has 0 bridgehead atoms. The molecule has 0 radical (unpaired) electrons. The van der Waals surface area contributed by atoms with E-state index in [0.717, 1.165) is 6.07 Å². The Morgan fingerprint density at radius 3 is 2.31 bits per heavy atom. The van der Waals surface area contributed by atoms with Crippen molar-refractivity contribution in [2.24, 2.45) is 0 Å². The molecule has 12 heteroatoms. The first-order valence-electron chi connectivity index (χ1n) is 12.7. The molecule has 0 saturated carbocycles. The fourth-order valence-corrected chi connectivity index (χ4v) is 3.70. The number of ether oxygens (including phenoxy) is 1. The quantitative estimate of drug-likeness (QED) is 0.232. The highest BCUT2D eigenvalue weighted by molar-refractivity contribution is 6.07. The van der Waals surface area contributed by atoms with Crippen LogP contribution in [0.15, 0.2) is 79.1 Å². The lowest BCUT2D eigenvalue weighted by Crippen LogP contribution is -2.27. The lowest BCUT2D eigenvalue weighted by molar-refractivity contribution is -0.00717. The van der Waals surface area contributed by atoms with Crippen molar-refractivity contribution in [3.05, 3.63) is 102 Å². The molecular formula is C30H27F2N5O5. The summed E-state index contributed by atoms with van der Waals surface area (Å²) in [6, 6.07) is 16.1. The molecule has 0 aliphatic carbocycles. The van der Waals surface area contributed by atoms with Crippen LogP contribution >= 0.6 is 0 Å². The van der Waals surface area contributed by atoms with E-state index in [1.54, 1.807) is 57.2 Å². The number of aromatic nitrogens is 2. The zero-order chi connectivity index (χ0) is 30.3. The predicted molar refractivity (Wildman–Crippen MR) is 151 cm³/mol. The second-order valence-corrected chi connectivity index (χ2v) is 10.0. The van der Waals surface area contributed by atoms with Crippen molar-refractivity contribution >= 4 is 29.4 Å². The Morgan fingerprint density at radius 1 is 0.881 bits per heavy atom. The molecule has 10 nitrogen and oxygen atoms in total. The fraction of sp³-hybridized carbons (Fsp3) is 0.167. The van der Waals surface area contributed by atoms with Crippen LogP contribution in [-0.4, -0.2) is 33.5 Å². The van der Waals surface area contributed by atoms with Crippen molar-refractivity contribution in [2.45, 2.75) is 32.9 Å². The van der Waals surface area contributed by atoms with Crippen molar-refractivity contribution in [3.63, 3.8) is 0 Å². The van der Waals surface area contributed by atoms with E-state index >= 15 is 0 Å². The Hall–Kier alpha value is -5.39. The largest absolute Gasteiger partial charge is 0.444 e. The molecule has 0 aliphatic rings. The molecule has 3 amide bonds. The molecule has 2 heterocycles. The maximum atomic E-state index is 14.0. The summed E-state index contributed by atoms with van der Waals surface area (Å²) < 4.78 is 32.4. The standard InChI is InChI=1S/C30H27F2N5O5/c1-30(2,3)41-29(40)37-26-13-8-18(15-34-26)16-35-28(39)22-14-19(9-12-25(22)42-32)27(38)36-20-10-11-24(33-17-20)21-6-4-5-7-23(21)31/h4-15,17H,16H2,1-3H3,(H,35,39)(H,36,38)(H,34,37,40). The Bertz CT molecular complexity index is 1590. The number of amides is 3. The highest BCUT2D eigenvalue weighted by Gasteiger charge is 2.19. The average molecular weight is 576 g/mol. The number of hydrogen-bond acceptors (Lipinski definition) is 7. The first-order chi connectivity index (χ1) is 20.0. The number of rotatable bonds is 8. The first kappa shape index (κ1) is 29.6. The topological polar surface area (TPSA) is 132 Å². The summed E-state index contributed by atoms with van der Waals surface area (Å²) in [5.74, 6) is -1.85. The highest BCUT2D eigenvalue weighted by Crippen LogP contribution is 2.24. The van der Waals surface area contributed by atoms with Gasteiger partial charge in [0.1, 0.15) is 17.2 Å². The number of nitrogens with zero attached hydrogens (tertiary/aromatic N) is 2. The summed E-state index contributed by atoms with van der Waals surface area (Å²) in [6.45, 7) is 5.22. The van der Waals surface area contributed by atoms with E-state index in [2.05, 4.69) is 30.9 Å². The van der Waals surface area contributed by atoms with E-state index in [1.807, 2.05) is 0 Å². The minimum atomic E-state index is -0.704. The molecule has 4 aromatic rings. The molecule has 42 heavy (non-hydrogen) atoms. The van der Waals surface area contributed by atoms with Gasteiger partial charge in [-0.05, 0) is 74.9 Å². The molecule has 0 fully saturated rings. The van der Waals surface area contributed by atoms with Gasteiger partial charge in [0.15, 0.2) is 5.75 Å². The molecule has 0 unspecified atom stereocenters. The number of nitrogens with one attached hydrogen (secondary N) is 3. The fourth-order valence-electron chi connectivity index (χ4n) is 3.70. The second-order valence-electron chi connectivity index (χ2n) is 10.0. The smallest absolute Gasteiger partial charge is 0.413 e. The normalized spacial score (nSPS) is 10.9. The zero-order valence-corrected chi connectivity index (χ0v) is 22.9. The molecule has 0 spiro atoms. The van der Waals surface area contributed by atoms with Crippen molar-refractivity contribution in [1.82, 2.24) is 15.3 Å². The monoisotopic (exact) mass is 575 g/mol. The lowest BCUT2D eigenvalue weighted by atomic mass is 10.1. The van der Waals surface area contributed by atoms with E-state index in [-0.39, 0.29) is 29.2 Å². The Balaban J connectivity index is 1.38. The number of anilines is 2. The van der Waals surface area contributed by atoms with Crippen molar-refractivity contribution in [2.75, 3.05) is 10.6 Å². The number of pyridine rings is 2. The number of carbonyl (C=O) groups excluding carboxylic acids is 3. The first-order valence-corrected chi connectivity index (χ1v) is 12.7. The number of halogens is 2. The van der Waals surface area contributed by atoms with Crippen LogP contribution in [0.3, 0.4) is 0 Å². The lowest BCUT2D eigenvalue weighted by Gasteiger charge is -2.19. The highest BCUT2D eigenvalue weighted by atomic mass is 19.3. The molecule has 0 atom stereocenters. The van der Waals surface area contributed by atoms with Crippen molar-refractivity contribution in [1.29, 1.82) is 0 Å². The van der Waals surface area contributed by atoms with Gasteiger partial charge >= 0.3 is 6.09 Å². The molecule has 216 valence electrons. The van der Waals surface area contributed by atoms with Crippen LogP contribution in [0.4, 0.5) is 25.2 Å². The van der Waals surface area contributed by atoms with Gasteiger partial charge < -0.3 is 15.4 Å². The zero-order valence-electron chi connectivity index (χ0n) is 22.9. The minimum Gasteiger partial charge on any atom is -0.444 e. The number of hydrogen-bond donors (Lipinski definition) is 3. The van der Waals surface area contributed by atoms with E-state index < -0.39 is 29.3 Å². The van der Waals surface area contributed by atoms with E-state index in [4.69, 9.17) is 4.74 Å². The third kappa shape index (κ3) is 7.84. The van der Waals surface area contributed by atoms with Crippen LogP contribution in [0.2, 0.25) is 0 Å². The number of carbonyl (C=O) groups is 3. The predicted octanol–water partition coefficient (Wildman–Crippen LogP) is 6.08. The molecular weight excluding hydrogens is 548 g/mol. The van der Waals surface area contributed by atoms with Gasteiger partial charge in [0.05, 0.1) is 23.1 Å². The van der Waals surface area contributed by atoms with E-state index in [9.17, 15) is 23.3 Å². The van der Waals surface area contributed by atoms with E-state index in [0.29, 0.717) is 22.5 Å². The molecule has 0 saturated heterocycles. The van der Waals surface area contributed by atoms with Gasteiger partial charge in [-0.2, -0.15) is 0 Å². The maximum Gasteiger partial charge on any atom is 0.413 e. The van der Waals surface area contributed by atoms with Crippen LogP contribution in [0.25, 0.3) is 11.3 Å². The van der Waals surface area contributed by atoms with Gasteiger partial charge in [-0.25, -0.2) is 14.2 Å². The van der Waals surface area contributed by atoms with Crippen molar-refractivity contribution < 1.29 is 33.0 Å². The Kier molecular flexibility index (Phi) is 9.05. The van der Waals surface area contributed by atoms with Crippen LogP contribution in [0.5, 0.6) is 5.75 Å². The van der Waals surface area contributed by atoms with Gasteiger partial charge in [-0.1, -0.05) is 18.2 Å². The maximum absolute atomic E-state index is 14.0. The van der Waals surface area contributed by atoms with Crippen LogP contribution in [0.1, 0.15) is 47.1 Å². The molecule has 2 aromatic heterocycles.